The highest BCUT2D eigenvalue weighted by molar-refractivity contribution is 5.85. The van der Waals surface area contributed by atoms with Crippen molar-refractivity contribution in [3.05, 3.63) is 60.8 Å². The first-order valence-electron chi connectivity index (χ1n) is 4.98. The van der Waals surface area contributed by atoms with Crippen LogP contribution in [0.3, 0.4) is 0 Å². The second-order valence-corrected chi connectivity index (χ2v) is 3.54. The SMILES string of the molecule is [c]1c(-c2ccc[nH]2)ccc2ccccc12. The van der Waals surface area contributed by atoms with E-state index in [2.05, 4.69) is 41.4 Å². The van der Waals surface area contributed by atoms with Crippen LogP contribution >= 0.6 is 0 Å². The van der Waals surface area contributed by atoms with Crippen molar-refractivity contribution in [3.63, 3.8) is 0 Å². The fourth-order valence-electron chi connectivity index (χ4n) is 1.77. The predicted octanol–water partition coefficient (Wildman–Crippen LogP) is 3.64. The molecule has 1 N–H and O–H groups in total. The average Bonchev–Trinajstić information content (AvgIpc) is 2.82. The molecule has 0 atom stereocenters. The number of aromatic nitrogens is 1. The second-order valence-electron chi connectivity index (χ2n) is 3.54. The molecule has 0 amide bonds. The fraction of sp³-hybridized carbons (Fsp3) is 0. The smallest absolute Gasteiger partial charge is 0.0460 e. The van der Waals surface area contributed by atoms with Gasteiger partial charge in [0.25, 0.3) is 0 Å². The van der Waals surface area contributed by atoms with Gasteiger partial charge in [-0.3, -0.25) is 0 Å². The van der Waals surface area contributed by atoms with E-state index in [1.807, 2.05) is 24.4 Å². The highest BCUT2D eigenvalue weighted by Crippen LogP contribution is 2.21. The molecule has 1 nitrogen and oxygen atoms in total. The molecule has 0 spiro atoms. The lowest BCUT2D eigenvalue weighted by molar-refractivity contribution is 1.40. The first kappa shape index (κ1) is 8.30. The molecule has 0 aliphatic heterocycles. The van der Waals surface area contributed by atoms with E-state index in [0.29, 0.717) is 0 Å². The summed E-state index contributed by atoms with van der Waals surface area (Å²) in [5.41, 5.74) is 2.22. The first-order valence-corrected chi connectivity index (χ1v) is 4.98. The Kier molecular flexibility index (Phi) is 1.82. The Morgan fingerprint density at radius 1 is 0.867 bits per heavy atom. The molecule has 0 saturated heterocycles. The third-order valence-electron chi connectivity index (χ3n) is 2.55. The Morgan fingerprint density at radius 2 is 1.80 bits per heavy atom. The zero-order valence-corrected chi connectivity index (χ0v) is 8.20. The van der Waals surface area contributed by atoms with Crippen molar-refractivity contribution >= 4 is 10.8 Å². The quantitative estimate of drug-likeness (QED) is 0.606. The van der Waals surface area contributed by atoms with Gasteiger partial charge < -0.3 is 4.98 Å². The number of H-pyrrole nitrogens is 1. The van der Waals surface area contributed by atoms with Crippen molar-refractivity contribution in [1.29, 1.82) is 0 Å². The maximum atomic E-state index is 3.40. The second kappa shape index (κ2) is 3.28. The minimum atomic E-state index is 1.11. The molecule has 1 heterocycles. The van der Waals surface area contributed by atoms with Gasteiger partial charge in [0.1, 0.15) is 0 Å². The van der Waals surface area contributed by atoms with Crippen molar-refractivity contribution < 1.29 is 0 Å². The van der Waals surface area contributed by atoms with Gasteiger partial charge in [-0.1, -0.05) is 36.4 Å². The van der Waals surface area contributed by atoms with Crippen molar-refractivity contribution in [3.8, 4) is 11.3 Å². The Labute approximate surface area is 88.4 Å². The van der Waals surface area contributed by atoms with Crippen molar-refractivity contribution in [2.45, 2.75) is 0 Å². The molecule has 0 aliphatic carbocycles. The van der Waals surface area contributed by atoms with Gasteiger partial charge in [0.2, 0.25) is 0 Å². The highest BCUT2D eigenvalue weighted by atomic mass is 14.7. The van der Waals surface area contributed by atoms with Gasteiger partial charge >= 0.3 is 0 Å². The van der Waals surface area contributed by atoms with E-state index < -0.39 is 0 Å². The van der Waals surface area contributed by atoms with E-state index in [4.69, 9.17) is 0 Å². The minimum absolute atomic E-state index is 1.11. The fourth-order valence-corrected chi connectivity index (χ4v) is 1.77. The highest BCUT2D eigenvalue weighted by Gasteiger charge is 1.99. The summed E-state index contributed by atoms with van der Waals surface area (Å²) in [6, 6.07) is 19.9. The number of hydrogen-bond acceptors (Lipinski definition) is 0. The van der Waals surface area contributed by atoms with Gasteiger partial charge in [0.15, 0.2) is 0 Å². The Morgan fingerprint density at radius 3 is 2.67 bits per heavy atom. The standard InChI is InChI=1S/C14H10N/c1-2-5-12-10-13(8-7-11(12)4-1)14-6-3-9-15-14/h1-9,15H. The molecule has 1 aromatic heterocycles. The van der Waals surface area contributed by atoms with E-state index >= 15 is 0 Å². The van der Waals surface area contributed by atoms with Crippen LogP contribution in [0.2, 0.25) is 0 Å². The summed E-state index contributed by atoms with van der Waals surface area (Å²) in [6.45, 7) is 0. The third-order valence-corrected chi connectivity index (χ3v) is 2.55. The van der Waals surface area contributed by atoms with Crippen LogP contribution in [0.5, 0.6) is 0 Å². The summed E-state index contributed by atoms with van der Waals surface area (Å²) >= 11 is 0. The summed E-state index contributed by atoms with van der Waals surface area (Å²) in [4.78, 5) is 3.19. The summed E-state index contributed by atoms with van der Waals surface area (Å²) in [7, 11) is 0. The van der Waals surface area contributed by atoms with Crippen LogP contribution in [0.15, 0.2) is 54.7 Å². The summed E-state index contributed by atoms with van der Waals surface area (Å²) in [6.07, 6.45) is 1.93. The molecule has 0 bridgehead atoms. The topological polar surface area (TPSA) is 15.8 Å². The maximum absolute atomic E-state index is 3.40. The average molecular weight is 192 g/mol. The van der Waals surface area contributed by atoms with Crippen LogP contribution in [-0.4, -0.2) is 4.98 Å². The zero-order valence-electron chi connectivity index (χ0n) is 8.20. The minimum Gasteiger partial charge on any atom is -0.361 e. The van der Waals surface area contributed by atoms with Crippen molar-refractivity contribution in [2.75, 3.05) is 0 Å². The number of aromatic amines is 1. The molecule has 0 saturated carbocycles. The lowest BCUT2D eigenvalue weighted by atomic mass is 10.1. The van der Waals surface area contributed by atoms with Gasteiger partial charge in [0, 0.05) is 23.5 Å². The molecule has 0 aliphatic rings. The van der Waals surface area contributed by atoms with Crippen LogP contribution in [0.1, 0.15) is 0 Å². The van der Waals surface area contributed by atoms with Gasteiger partial charge in [-0.05, 0) is 22.9 Å². The predicted molar refractivity (Wildman–Crippen MR) is 62.6 cm³/mol. The lowest BCUT2D eigenvalue weighted by Gasteiger charge is -2.00. The van der Waals surface area contributed by atoms with Gasteiger partial charge in [0.05, 0.1) is 0 Å². The Balaban J connectivity index is 2.22. The van der Waals surface area contributed by atoms with Gasteiger partial charge in [-0.15, -0.1) is 0 Å². The number of rotatable bonds is 1. The molecule has 3 aromatic rings. The van der Waals surface area contributed by atoms with E-state index in [9.17, 15) is 0 Å². The van der Waals surface area contributed by atoms with Crippen LogP contribution < -0.4 is 0 Å². The van der Waals surface area contributed by atoms with Gasteiger partial charge in [-0.25, -0.2) is 0 Å². The summed E-state index contributed by atoms with van der Waals surface area (Å²) in [5, 5.41) is 2.39. The molecular weight excluding hydrogens is 182 g/mol. The summed E-state index contributed by atoms with van der Waals surface area (Å²) < 4.78 is 0. The lowest BCUT2D eigenvalue weighted by Crippen LogP contribution is -1.78. The first-order chi connectivity index (χ1) is 7.43. The molecule has 2 aromatic carbocycles. The molecule has 1 radical (unpaired) electrons. The van der Waals surface area contributed by atoms with Crippen molar-refractivity contribution in [2.24, 2.45) is 0 Å². The number of benzene rings is 2. The largest absolute Gasteiger partial charge is 0.361 e. The van der Waals surface area contributed by atoms with E-state index in [1.54, 1.807) is 0 Å². The molecule has 71 valence electrons. The molecular formula is C14H10N. The molecule has 3 rings (SSSR count). The molecule has 15 heavy (non-hydrogen) atoms. The number of nitrogens with one attached hydrogen (secondary N) is 1. The monoisotopic (exact) mass is 192 g/mol. The summed E-state index contributed by atoms with van der Waals surface area (Å²) in [5.74, 6) is 0. The zero-order chi connectivity index (χ0) is 10.1. The van der Waals surface area contributed by atoms with Gasteiger partial charge in [-0.2, -0.15) is 0 Å². The van der Waals surface area contributed by atoms with E-state index in [1.165, 1.54) is 5.39 Å². The van der Waals surface area contributed by atoms with Crippen molar-refractivity contribution in [1.82, 2.24) is 4.98 Å². The third kappa shape index (κ3) is 1.42. The Hall–Kier alpha value is -2.02. The maximum Gasteiger partial charge on any atom is 0.0460 e. The van der Waals surface area contributed by atoms with Crippen LogP contribution in [-0.2, 0) is 0 Å². The molecule has 1 heteroatoms. The Bertz CT molecular complexity index is 579. The molecule has 0 unspecified atom stereocenters. The van der Waals surface area contributed by atoms with Crippen LogP contribution in [0.4, 0.5) is 0 Å². The van der Waals surface area contributed by atoms with E-state index in [-0.39, 0.29) is 0 Å². The normalized spacial score (nSPS) is 10.7. The van der Waals surface area contributed by atoms with Crippen LogP contribution in [0.25, 0.3) is 22.0 Å². The molecule has 0 fully saturated rings. The van der Waals surface area contributed by atoms with Crippen LogP contribution in [0, 0.1) is 6.07 Å². The number of hydrogen-bond donors (Lipinski definition) is 1. The van der Waals surface area contributed by atoms with E-state index in [0.717, 1.165) is 16.6 Å². The number of fused-ring (bicyclic) bond motifs is 1.